The fourth-order valence-electron chi connectivity index (χ4n) is 1.21. The molecule has 1 aliphatic rings. The van der Waals surface area contributed by atoms with Crippen molar-refractivity contribution in [2.75, 3.05) is 19.6 Å². The number of halogens is 3. The molecule has 0 aromatic heterocycles. The highest BCUT2D eigenvalue weighted by Gasteiger charge is 2.35. The van der Waals surface area contributed by atoms with Crippen molar-refractivity contribution in [3.63, 3.8) is 0 Å². The zero-order valence-corrected chi connectivity index (χ0v) is 5.78. The molecule has 1 rings (SSSR count). The Kier molecular flexibility index (Phi) is 1.90. The second-order valence-electron chi connectivity index (χ2n) is 2.91. The van der Waals surface area contributed by atoms with Crippen LogP contribution >= 0.6 is 0 Å². The summed E-state index contributed by atoms with van der Waals surface area (Å²) in [7, 11) is 0. The molecule has 1 nitrogen and oxygen atoms in total. The Morgan fingerprint density at radius 1 is 1.40 bits per heavy atom. The van der Waals surface area contributed by atoms with Crippen LogP contribution in [-0.4, -0.2) is 30.7 Å². The molecule has 0 bridgehead atoms. The van der Waals surface area contributed by atoms with Crippen LogP contribution in [0.15, 0.2) is 0 Å². The standard InChI is InChI=1S/C6H10F3N/c1-5-2-10(3-5)4-6(7,8)9/h5H,2-4H2,1H3. The van der Waals surface area contributed by atoms with Gasteiger partial charge in [-0.3, -0.25) is 4.90 Å². The number of rotatable bonds is 1. The molecule has 4 heteroatoms. The molecule has 1 heterocycles. The Labute approximate surface area is 57.8 Å². The molecule has 60 valence electrons. The van der Waals surface area contributed by atoms with E-state index in [9.17, 15) is 13.2 Å². The van der Waals surface area contributed by atoms with E-state index in [0.717, 1.165) is 0 Å². The van der Waals surface area contributed by atoms with Gasteiger partial charge < -0.3 is 0 Å². The van der Waals surface area contributed by atoms with E-state index in [2.05, 4.69) is 0 Å². The topological polar surface area (TPSA) is 3.24 Å². The average Bonchev–Trinajstić information content (AvgIpc) is 1.57. The summed E-state index contributed by atoms with van der Waals surface area (Å²) in [6, 6.07) is 0. The van der Waals surface area contributed by atoms with Crippen LogP contribution in [0.1, 0.15) is 6.92 Å². The number of hydrogen-bond acceptors (Lipinski definition) is 1. The van der Waals surface area contributed by atoms with E-state index < -0.39 is 12.7 Å². The zero-order valence-electron chi connectivity index (χ0n) is 5.78. The van der Waals surface area contributed by atoms with Gasteiger partial charge in [0.15, 0.2) is 0 Å². The van der Waals surface area contributed by atoms with E-state index in [0.29, 0.717) is 19.0 Å². The predicted molar refractivity (Wildman–Crippen MR) is 31.7 cm³/mol. The summed E-state index contributed by atoms with van der Waals surface area (Å²) in [4.78, 5) is 1.41. The van der Waals surface area contributed by atoms with Crippen LogP contribution in [0.4, 0.5) is 13.2 Å². The molecule has 0 aromatic rings. The quantitative estimate of drug-likeness (QED) is 0.551. The molecule has 0 aliphatic carbocycles. The largest absolute Gasteiger partial charge is 0.401 e. The summed E-state index contributed by atoms with van der Waals surface area (Å²) in [6.07, 6.45) is -4.01. The Bertz CT molecular complexity index is 115. The molecule has 0 spiro atoms. The first kappa shape index (κ1) is 7.85. The first-order valence-electron chi connectivity index (χ1n) is 3.26. The molecule has 1 saturated heterocycles. The van der Waals surface area contributed by atoms with Gasteiger partial charge >= 0.3 is 6.18 Å². The van der Waals surface area contributed by atoms with Crippen LogP contribution in [0.25, 0.3) is 0 Å². The summed E-state index contributed by atoms with van der Waals surface area (Å²) in [5.41, 5.74) is 0. The maximum absolute atomic E-state index is 11.6. The van der Waals surface area contributed by atoms with E-state index in [1.54, 1.807) is 0 Å². The van der Waals surface area contributed by atoms with Gasteiger partial charge in [0.05, 0.1) is 6.54 Å². The van der Waals surface area contributed by atoms with Crippen molar-refractivity contribution < 1.29 is 13.2 Å². The third-order valence-electron chi connectivity index (χ3n) is 1.54. The van der Waals surface area contributed by atoms with Crippen LogP contribution in [0, 0.1) is 5.92 Å². The summed E-state index contributed by atoms with van der Waals surface area (Å²) in [5.74, 6) is 0.447. The van der Waals surface area contributed by atoms with Crippen LogP contribution in [0.2, 0.25) is 0 Å². The number of hydrogen-bond donors (Lipinski definition) is 0. The SMILES string of the molecule is CC1CN(CC(F)(F)F)C1. The lowest BCUT2D eigenvalue weighted by molar-refractivity contribution is -0.157. The van der Waals surface area contributed by atoms with E-state index in [4.69, 9.17) is 0 Å². The normalized spacial score (nSPS) is 22.8. The summed E-state index contributed by atoms with van der Waals surface area (Å²) in [6.45, 7) is 2.41. The monoisotopic (exact) mass is 153 g/mol. The molecule has 10 heavy (non-hydrogen) atoms. The zero-order chi connectivity index (χ0) is 7.78. The van der Waals surface area contributed by atoms with Crippen LogP contribution in [0.3, 0.4) is 0 Å². The number of nitrogens with zero attached hydrogens (tertiary/aromatic N) is 1. The van der Waals surface area contributed by atoms with Gasteiger partial charge in [-0.05, 0) is 5.92 Å². The van der Waals surface area contributed by atoms with E-state index in [1.807, 2.05) is 6.92 Å². The van der Waals surface area contributed by atoms with Crippen molar-refractivity contribution in [1.29, 1.82) is 0 Å². The Morgan fingerprint density at radius 2 is 1.90 bits per heavy atom. The highest BCUT2D eigenvalue weighted by molar-refractivity contribution is 4.77. The first-order chi connectivity index (χ1) is 4.47. The Balaban J connectivity index is 2.16. The molecule has 0 amide bonds. The molecule has 0 saturated carbocycles. The number of alkyl halides is 3. The van der Waals surface area contributed by atoms with Gasteiger partial charge in [-0.1, -0.05) is 6.92 Å². The lowest BCUT2D eigenvalue weighted by Gasteiger charge is -2.37. The molecule has 0 aromatic carbocycles. The highest BCUT2D eigenvalue weighted by atomic mass is 19.4. The summed E-state index contributed by atoms with van der Waals surface area (Å²) >= 11 is 0. The minimum absolute atomic E-state index is 0.447. The van der Waals surface area contributed by atoms with Crippen molar-refractivity contribution in [3.8, 4) is 0 Å². The lowest BCUT2D eigenvalue weighted by atomic mass is 10.0. The molecule has 1 fully saturated rings. The second-order valence-corrected chi connectivity index (χ2v) is 2.91. The highest BCUT2D eigenvalue weighted by Crippen LogP contribution is 2.22. The second kappa shape index (κ2) is 2.42. The van der Waals surface area contributed by atoms with Gasteiger partial charge in [0.1, 0.15) is 0 Å². The average molecular weight is 153 g/mol. The molecular weight excluding hydrogens is 143 g/mol. The van der Waals surface area contributed by atoms with Crippen molar-refractivity contribution in [3.05, 3.63) is 0 Å². The summed E-state index contributed by atoms with van der Waals surface area (Å²) < 4.78 is 34.8. The molecule has 0 radical (unpaired) electrons. The van der Waals surface area contributed by atoms with Crippen LogP contribution in [0.5, 0.6) is 0 Å². The lowest BCUT2D eigenvalue weighted by Crippen LogP contribution is -2.49. The molecule has 0 N–H and O–H groups in total. The van der Waals surface area contributed by atoms with Crippen molar-refractivity contribution in [1.82, 2.24) is 4.90 Å². The van der Waals surface area contributed by atoms with Gasteiger partial charge in [-0.15, -0.1) is 0 Å². The third kappa shape index (κ3) is 2.17. The van der Waals surface area contributed by atoms with Crippen molar-refractivity contribution >= 4 is 0 Å². The molecule has 0 unspecified atom stereocenters. The summed E-state index contributed by atoms with van der Waals surface area (Å²) in [5, 5.41) is 0. The van der Waals surface area contributed by atoms with E-state index >= 15 is 0 Å². The van der Waals surface area contributed by atoms with Gasteiger partial charge in [0.25, 0.3) is 0 Å². The van der Waals surface area contributed by atoms with Gasteiger partial charge in [-0.25, -0.2) is 0 Å². The van der Waals surface area contributed by atoms with Crippen LogP contribution in [-0.2, 0) is 0 Å². The molecular formula is C6H10F3N. The van der Waals surface area contributed by atoms with Gasteiger partial charge in [0, 0.05) is 13.1 Å². The minimum atomic E-state index is -4.01. The fourth-order valence-corrected chi connectivity index (χ4v) is 1.21. The maximum Gasteiger partial charge on any atom is 0.401 e. The minimum Gasteiger partial charge on any atom is -0.294 e. The Morgan fingerprint density at radius 3 is 2.20 bits per heavy atom. The predicted octanol–water partition coefficient (Wildman–Crippen LogP) is 1.50. The number of likely N-dealkylation sites (tertiary alicyclic amines) is 1. The Hall–Kier alpha value is -0.250. The van der Waals surface area contributed by atoms with Gasteiger partial charge in [0.2, 0.25) is 0 Å². The first-order valence-corrected chi connectivity index (χ1v) is 3.26. The van der Waals surface area contributed by atoms with Gasteiger partial charge in [-0.2, -0.15) is 13.2 Å². The van der Waals surface area contributed by atoms with Crippen LogP contribution < -0.4 is 0 Å². The molecule has 0 atom stereocenters. The van der Waals surface area contributed by atoms with E-state index in [1.165, 1.54) is 4.90 Å². The maximum atomic E-state index is 11.6. The fraction of sp³-hybridized carbons (Fsp3) is 1.00. The van der Waals surface area contributed by atoms with E-state index in [-0.39, 0.29) is 0 Å². The smallest absolute Gasteiger partial charge is 0.294 e. The van der Waals surface area contributed by atoms with Crippen molar-refractivity contribution in [2.45, 2.75) is 13.1 Å². The third-order valence-corrected chi connectivity index (χ3v) is 1.54. The van der Waals surface area contributed by atoms with Crippen molar-refractivity contribution in [2.24, 2.45) is 5.92 Å². The molecule has 1 aliphatic heterocycles.